The molecule has 1 aromatic heterocycles. The second kappa shape index (κ2) is 7.51. The molecule has 0 aliphatic rings. The van der Waals surface area contributed by atoms with E-state index >= 15 is 0 Å². The Morgan fingerprint density at radius 1 is 1.00 bits per heavy atom. The molecule has 0 saturated heterocycles. The molecule has 1 heterocycles. The molecule has 7 heteroatoms. The van der Waals surface area contributed by atoms with Gasteiger partial charge in [-0.2, -0.15) is 0 Å². The minimum Gasteiger partial charge on any atom is -0.337 e. The molecule has 0 spiro atoms. The van der Waals surface area contributed by atoms with Crippen molar-refractivity contribution in [2.24, 2.45) is 0 Å². The number of halogens is 2. The van der Waals surface area contributed by atoms with Crippen LogP contribution in [0, 0.1) is 6.92 Å². The summed E-state index contributed by atoms with van der Waals surface area (Å²) in [5.74, 6) is 0.0996. The molecule has 2 N–H and O–H groups in total. The highest BCUT2D eigenvalue weighted by atomic mass is 35.5. The van der Waals surface area contributed by atoms with Gasteiger partial charge in [-0.25, -0.2) is 9.97 Å². The molecule has 0 saturated carbocycles. The van der Waals surface area contributed by atoms with E-state index in [2.05, 4.69) is 20.6 Å². The predicted molar refractivity (Wildman–Crippen MR) is 101 cm³/mol. The molecular formula is C18H14Cl2N4O. The van der Waals surface area contributed by atoms with Gasteiger partial charge in [-0.05, 0) is 36.8 Å². The first-order chi connectivity index (χ1) is 12.0. The Morgan fingerprint density at radius 3 is 2.36 bits per heavy atom. The molecule has 2 aromatic carbocycles. The fourth-order valence-corrected chi connectivity index (χ4v) is 2.67. The Balaban J connectivity index is 1.72. The van der Waals surface area contributed by atoms with Gasteiger partial charge in [-0.15, -0.1) is 0 Å². The van der Waals surface area contributed by atoms with Gasteiger partial charge >= 0.3 is 0 Å². The summed E-state index contributed by atoms with van der Waals surface area (Å²) < 4.78 is 0. The highest BCUT2D eigenvalue weighted by Gasteiger charge is 2.10. The number of aryl methyl sites for hydroxylation is 1. The second-order valence-corrected chi connectivity index (χ2v) is 6.15. The quantitative estimate of drug-likeness (QED) is 0.669. The molecule has 1 amide bonds. The number of nitrogens with one attached hydrogen (secondary N) is 2. The lowest BCUT2D eigenvalue weighted by atomic mass is 10.2. The van der Waals surface area contributed by atoms with Crippen molar-refractivity contribution in [1.29, 1.82) is 0 Å². The van der Waals surface area contributed by atoms with Gasteiger partial charge in [0.25, 0.3) is 5.91 Å². The third-order valence-electron chi connectivity index (χ3n) is 3.38. The first kappa shape index (κ1) is 17.2. The summed E-state index contributed by atoms with van der Waals surface area (Å²) in [4.78, 5) is 20.5. The largest absolute Gasteiger partial charge is 0.337 e. The molecule has 5 nitrogen and oxygen atoms in total. The van der Waals surface area contributed by atoms with Crippen LogP contribution in [0.3, 0.4) is 0 Å². The van der Waals surface area contributed by atoms with E-state index in [1.165, 1.54) is 12.4 Å². The molecule has 3 aromatic rings. The molecule has 0 bridgehead atoms. The zero-order valence-electron chi connectivity index (χ0n) is 13.3. The van der Waals surface area contributed by atoms with Crippen molar-refractivity contribution in [2.75, 3.05) is 10.6 Å². The molecule has 0 fully saturated rings. The fraction of sp³-hybridized carbons (Fsp3) is 0.0556. The van der Waals surface area contributed by atoms with Crippen LogP contribution in [0.4, 0.5) is 17.2 Å². The van der Waals surface area contributed by atoms with Gasteiger partial charge in [0, 0.05) is 5.69 Å². The van der Waals surface area contributed by atoms with Gasteiger partial charge in [0.1, 0.15) is 11.5 Å². The van der Waals surface area contributed by atoms with Gasteiger partial charge in [0.15, 0.2) is 0 Å². The van der Waals surface area contributed by atoms with E-state index in [0.717, 1.165) is 5.56 Å². The molecule has 0 atom stereocenters. The summed E-state index contributed by atoms with van der Waals surface area (Å²) in [6.45, 7) is 1.95. The highest BCUT2D eigenvalue weighted by Crippen LogP contribution is 2.31. The van der Waals surface area contributed by atoms with Crippen LogP contribution in [0.25, 0.3) is 0 Å². The Kier molecular flexibility index (Phi) is 5.16. The van der Waals surface area contributed by atoms with Crippen LogP contribution in [0.2, 0.25) is 10.0 Å². The fourth-order valence-electron chi connectivity index (χ4n) is 2.17. The maximum atomic E-state index is 12.2. The summed E-state index contributed by atoms with van der Waals surface area (Å²) in [6, 6.07) is 12.7. The summed E-state index contributed by atoms with van der Waals surface area (Å²) in [5, 5.41) is 6.71. The van der Waals surface area contributed by atoms with Crippen LogP contribution in [-0.4, -0.2) is 15.9 Å². The van der Waals surface area contributed by atoms with Crippen LogP contribution in [0.1, 0.15) is 16.1 Å². The SMILES string of the molecule is Cc1cccc(NC(=O)c2cnc(Nc3c(Cl)cccc3Cl)cn2)c1. The van der Waals surface area contributed by atoms with Crippen molar-refractivity contribution in [3.63, 3.8) is 0 Å². The topological polar surface area (TPSA) is 66.9 Å². The Labute approximate surface area is 155 Å². The Morgan fingerprint density at radius 2 is 1.72 bits per heavy atom. The van der Waals surface area contributed by atoms with Crippen LogP contribution >= 0.6 is 23.2 Å². The van der Waals surface area contributed by atoms with Crippen LogP contribution < -0.4 is 10.6 Å². The molecule has 126 valence electrons. The summed E-state index contributed by atoms with van der Waals surface area (Å²) >= 11 is 12.2. The number of amides is 1. The third kappa shape index (κ3) is 4.26. The van der Waals surface area contributed by atoms with Gasteiger partial charge in [0.05, 0.1) is 28.1 Å². The molecule has 25 heavy (non-hydrogen) atoms. The lowest BCUT2D eigenvalue weighted by Crippen LogP contribution is -2.14. The lowest BCUT2D eigenvalue weighted by molar-refractivity contribution is 0.102. The van der Waals surface area contributed by atoms with E-state index < -0.39 is 0 Å². The first-order valence-electron chi connectivity index (χ1n) is 7.44. The highest BCUT2D eigenvalue weighted by molar-refractivity contribution is 6.39. The number of carbonyl (C=O) groups is 1. The molecule has 3 rings (SSSR count). The van der Waals surface area contributed by atoms with E-state index in [-0.39, 0.29) is 11.6 Å². The number of aromatic nitrogens is 2. The summed E-state index contributed by atoms with van der Waals surface area (Å²) in [7, 11) is 0. The van der Waals surface area contributed by atoms with E-state index in [9.17, 15) is 4.79 Å². The number of benzene rings is 2. The van der Waals surface area contributed by atoms with Crippen molar-refractivity contribution < 1.29 is 4.79 Å². The monoisotopic (exact) mass is 372 g/mol. The minimum atomic E-state index is -0.333. The van der Waals surface area contributed by atoms with E-state index in [1.54, 1.807) is 18.2 Å². The van der Waals surface area contributed by atoms with Crippen molar-refractivity contribution in [3.05, 3.63) is 76.2 Å². The number of nitrogens with zero attached hydrogens (tertiary/aromatic N) is 2. The van der Waals surface area contributed by atoms with Crippen molar-refractivity contribution in [3.8, 4) is 0 Å². The first-order valence-corrected chi connectivity index (χ1v) is 8.19. The number of anilines is 3. The van der Waals surface area contributed by atoms with Crippen molar-refractivity contribution in [2.45, 2.75) is 6.92 Å². The number of hydrogen-bond acceptors (Lipinski definition) is 4. The number of hydrogen-bond donors (Lipinski definition) is 2. The molecular weight excluding hydrogens is 359 g/mol. The van der Waals surface area contributed by atoms with Crippen LogP contribution in [0.15, 0.2) is 54.9 Å². The Hall–Kier alpha value is -2.63. The van der Waals surface area contributed by atoms with Gasteiger partial charge in [-0.3, -0.25) is 4.79 Å². The number of carbonyl (C=O) groups excluding carboxylic acids is 1. The predicted octanol–water partition coefficient (Wildman–Crippen LogP) is 5.09. The van der Waals surface area contributed by atoms with Gasteiger partial charge < -0.3 is 10.6 Å². The standard InChI is InChI=1S/C18H14Cl2N4O/c1-11-4-2-5-12(8-11)23-18(25)15-9-22-16(10-21-15)24-17-13(19)6-3-7-14(17)20/h2-10H,1H3,(H,22,24)(H,23,25). The summed E-state index contributed by atoms with van der Waals surface area (Å²) in [5.41, 5.74) is 2.51. The average Bonchev–Trinajstić information content (AvgIpc) is 2.59. The smallest absolute Gasteiger partial charge is 0.275 e. The molecule has 0 unspecified atom stereocenters. The minimum absolute atomic E-state index is 0.206. The Bertz CT molecular complexity index is 893. The van der Waals surface area contributed by atoms with E-state index in [1.807, 2.05) is 31.2 Å². The second-order valence-electron chi connectivity index (χ2n) is 5.33. The zero-order valence-corrected chi connectivity index (χ0v) is 14.8. The molecule has 0 radical (unpaired) electrons. The van der Waals surface area contributed by atoms with E-state index in [0.29, 0.717) is 27.2 Å². The average molecular weight is 373 g/mol. The maximum absolute atomic E-state index is 12.2. The maximum Gasteiger partial charge on any atom is 0.275 e. The molecule has 0 aliphatic carbocycles. The van der Waals surface area contributed by atoms with Crippen molar-refractivity contribution in [1.82, 2.24) is 9.97 Å². The van der Waals surface area contributed by atoms with Gasteiger partial charge in [0.2, 0.25) is 0 Å². The molecule has 0 aliphatic heterocycles. The number of para-hydroxylation sites is 1. The van der Waals surface area contributed by atoms with E-state index in [4.69, 9.17) is 23.2 Å². The lowest BCUT2D eigenvalue weighted by Gasteiger charge is -2.10. The van der Waals surface area contributed by atoms with Gasteiger partial charge in [-0.1, -0.05) is 41.4 Å². The third-order valence-corrected chi connectivity index (χ3v) is 4.01. The van der Waals surface area contributed by atoms with Crippen molar-refractivity contribution >= 4 is 46.3 Å². The number of rotatable bonds is 4. The normalized spacial score (nSPS) is 10.4. The van der Waals surface area contributed by atoms with Crippen LogP contribution in [0.5, 0.6) is 0 Å². The zero-order chi connectivity index (χ0) is 17.8. The van der Waals surface area contributed by atoms with Crippen LogP contribution in [-0.2, 0) is 0 Å². The summed E-state index contributed by atoms with van der Waals surface area (Å²) in [6.07, 6.45) is 2.84.